The minimum atomic E-state index is -1.12. The van der Waals surface area contributed by atoms with Crippen LogP contribution in [0, 0.1) is 5.41 Å². The van der Waals surface area contributed by atoms with E-state index in [1.807, 2.05) is 0 Å². The molecule has 0 bridgehead atoms. The highest BCUT2D eigenvalue weighted by Crippen LogP contribution is 2.12. The fourth-order valence-corrected chi connectivity index (χ4v) is 1.82. The van der Waals surface area contributed by atoms with Crippen LogP contribution in [0.3, 0.4) is 0 Å². The summed E-state index contributed by atoms with van der Waals surface area (Å²) in [5.74, 6) is -2.03. The van der Waals surface area contributed by atoms with E-state index in [0.717, 1.165) is 0 Å². The SMILES string of the molecule is CC(NC(=O)c1ccc(NC(=O)CCNC(=O)C(C)(C)C)cc1)C(=O)O. The third kappa shape index (κ3) is 6.92. The maximum absolute atomic E-state index is 11.9. The summed E-state index contributed by atoms with van der Waals surface area (Å²) >= 11 is 0. The van der Waals surface area contributed by atoms with E-state index in [1.165, 1.54) is 19.1 Å². The molecule has 1 rings (SSSR count). The first kappa shape index (κ1) is 21.1. The molecule has 0 heterocycles. The molecule has 0 aliphatic rings. The molecule has 4 N–H and O–H groups in total. The quantitative estimate of drug-likeness (QED) is 0.582. The van der Waals surface area contributed by atoms with Crippen molar-refractivity contribution in [2.45, 2.75) is 40.2 Å². The zero-order chi connectivity index (χ0) is 19.9. The first-order valence-electron chi connectivity index (χ1n) is 8.22. The Labute approximate surface area is 152 Å². The Morgan fingerprint density at radius 3 is 2.15 bits per heavy atom. The highest BCUT2D eigenvalue weighted by atomic mass is 16.4. The summed E-state index contributed by atoms with van der Waals surface area (Å²) in [6.45, 7) is 6.97. The first-order chi connectivity index (χ1) is 12.0. The van der Waals surface area contributed by atoms with Crippen LogP contribution in [0.2, 0.25) is 0 Å². The van der Waals surface area contributed by atoms with Crippen molar-refractivity contribution in [1.29, 1.82) is 0 Å². The zero-order valence-electron chi connectivity index (χ0n) is 15.4. The molecular weight excluding hydrogens is 338 g/mol. The van der Waals surface area contributed by atoms with Crippen LogP contribution in [0.1, 0.15) is 44.5 Å². The molecular formula is C18H25N3O5. The van der Waals surface area contributed by atoms with Gasteiger partial charge in [-0.25, -0.2) is 0 Å². The number of nitrogens with one attached hydrogen (secondary N) is 3. The monoisotopic (exact) mass is 363 g/mol. The van der Waals surface area contributed by atoms with Crippen LogP contribution in [0.5, 0.6) is 0 Å². The number of carbonyl (C=O) groups is 4. The molecule has 8 heteroatoms. The highest BCUT2D eigenvalue weighted by molar-refractivity contribution is 5.97. The van der Waals surface area contributed by atoms with Gasteiger partial charge >= 0.3 is 5.97 Å². The van der Waals surface area contributed by atoms with Crippen LogP contribution in [0.15, 0.2) is 24.3 Å². The van der Waals surface area contributed by atoms with E-state index in [1.54, 1.807) is 32.9 Å². The van der Waals surface area contributed by atoms with Crippen LogP contribution >= 0.6 is 0 Å². The smallest absolute Gasteiger partial charge is 0.325 e. The molecule has 0 aromatic heterocycles. The normalized spacial score (nSPS) is 12.0. The minimum Gasteiger partial charge on any atom is -0.480 e. The molecule has 1 aromatic carbocycles. The second kappa shape index (κ2) is 8.98. The third-order valence-electron chi connectivity index (χ3n) is 3.47. The van der Waals surface area contributed by atoms with E-state index >= 15 is 0 Å². The molecule has 0 saturated carbocycles. The van der Waals surface area contributed by atoms with Gasteiger partial charge in [0.2, 0.25) is 11.8 Å². The van der Waals surface area contributed by atoms with Crippen molar-refractivity contribution in [2.75, 3.05) is 11.9 Å². The molecule has 0 aliphatic carbocycles. The zero-order valence-corrected chi connectivity index (χ0v) is 15.4. The van der Waals surface area contributed by atoms with Gasteiger partial charge in [-0.2, -0.15) is 0 Å². The lowest BCUT2D eigenvalue weighted by Gasteiger charge is -2.17. The Morgan fingerprint density at radius 1 is 1.08 bits per heavy atom. The molecule has 0 saturated heterocycles. The Balaban J connectivity index is 2.49. The van der Waals surface area contributed by atoms with E-state index in [0.29, 0.717) is 5.69 Å². The molecule has 0 aliphatic heterocycles. The number of benzene rings is 1. The van der Waals surface area contributed by atoms with E-state index in [4.69, 9.17) is 5.11 Å². The average Bonchev–Trinajstić information content (AvgIpc) is 2.54. The highest BCUT2D eigenvalue weighted by Gasteiger charge is 2.20. The lowest BCUT2D eigenvalue weighted by molar-refractivity contribution is -0.138. The Hall–Kier alpha value is -2.90. The first-order valence-corrected chi connectivity index (χ1v) is 8.22. The van der Waals surface area contributed by atoms with E-state index in [-0.39, 0.29) is 30.3 Å². The molecule has 8 nitrogen and oxygen atoms in total. The largest absolute Gasteiger partial charge is 0.480 e. The molecule has 142 valence electrons. The van der Waals surface area contributed by atoms with Crippen LogP contribution < -0.4 is 16.0 Å². The van der Waals surface area contributed by atoms with Gasteiger partial charge in [-0.05, 0) is 31.2 Å². The van der Waals surface area contributed by atoms with Gasteiger partial charge < -0.3 is 21.1 Å². The molecule has 0 fully saturated rings. The van der Waals surface area contributed by atoms with Crippen molar-refractivity contribution in [3.63, 3.8) is 0 Å². The average molecular weight is 363 g/mol. The minimum absolute atomic E-state index is 0.125. The van der Waals surface area contributed by atoms with Crippen molar-refractivity contribution in [3.05, 3.63) is 29.8 Å². The predicted octanol–water partition coefficient (Wildman–Crippen LogP) is 1.38. The summed E-state index contributed by atoms with van der Waals surface area (Å²) < 4.78 is 0. The predicted molar refractivity (Wildman–Crippen MR) is 96.7 cm³/mol. The number of amides is 3. The molecule has 3 amide bonds. The van der Waals surface area contributed by atoms with Crippen LogP contribution in [0.4, 0.5) is 5.69 Å². The third-order valence-corrected chi connectivity index (χ3v) is 3.47. The summed E-state index contributed by atoms with van der Waals surface area (Å²) in [5.41, 5.74) is 0.277. The Bertz CT molecular complexity index is 677. The number of anilines is 1. The van der Waals surface area contributed by atoms with Gasteiger partial charge in [0.05, 0.1) is 0 Å². The molecule has 0 radical (unpaired) electrons. The van der Waals surface area contributed by atoms with Crippen molar-refractivity contribution in [3.8, 4) is 0 Å². The number of hydrogen-bond donors (Lipinski definition) is 4. The molecule has 0 spiro atoms. The fourth-order valence-electron chi connectivity index (χ4n) is 1.82. The Kier molecular flexibility index (Phi) is 7.30. The van der Waals surface area contributed by atoms with Gasteiger partial charge in [0.15, 0.2) is 0 Å². The summed E-state index contributed by atoms with van der Waals surface area (Å²) in [7, 11) is 0. The topological polar surface area (TPSA) is 125 Å². The van der Waals surface area contributed by atoms with Crippen LogP contribution in [-0.4, -0.2) is 41.4 Å². The fraction of sp³-hybridized carbons (Fsp3) is 0.444. The van der Waals surface area contributed by atoms with E-state index < -0.39 is 23.3 Å². The van der Waals surface area contributed by atoms with Gasteiger partial charge in [0.25, 0.3) is 5.91 Å². The lowest BCUT2D eigenvalue weighted by Crippen LogP contribution is -2.38. The molecule has 1 atom stereocenters. The number of rotatable bonds is 7. The van der Waals surface area contributed by atoms with Crippen LogP contribution in [0.25, 0.3) is 0 Å². The Morgan fingerprint density at radius 2 is 1.65 bits per heavy atom. The number of carbonyl (C=O) groups excluding carboxylic acids is 3. The lowest BCUT2D eigenvalue weighted by atomic mass is 9.96. The summed E-state index contributed by atoms with van der Waals surface area (Å²) in [5, 5.41) is 16.5. The van der Waals surface area contributed by atoms with Crippen LogP contribution in [-0.2, 0) is 14.4 Å². The molecule has 26 heavy (non-hydrogen) atoms. The van der Waals surface area contributed by atoms with Crippen molar-refractivity contribution in [2.24, 2.45) is 5.41 Å². The van der Waals surface area contributed by atoms with Gasteiger partial charge in [0.1, 0.15) is 6.04 Å². The maximum Gasteiger partial charge on any atom is 0.325 e. The second-order valence-electron chi connectivity index (χ2n) is 6.91. The van der Waals surface area contributed by atoms with Crippen molar-refractivity contribution < 1.29 is 24.3 Å². The van der Waals surface area contributed by atoms with Crippen molar-refractivity contribution in [1.82, 2.24) is 10.6 Å². The van der Waals surface area contributed by atoms with Gasteiger partial charge in [-0.3, -0.25) is 19.2 Å². The molecule has 1 aromatic rings. The van der Waals surface area contributed by atoms with E-state index in [2.05, 4.69) is 16.0 Å². The van der Waals surface area contributed by atoms with E-state index in [9.17, 15) is 19.2 Å². The van der Waals surface area contributed by atoms with Crippen molar-refractivity contribution >= 4 is 29.4 Å². The summed E-state index contributed by atoms with van der Waals surface area (Å²) in [4.78, 5) is 46.2. The van der Waals surface area contributed by atoms with Gasteiger partial charge in [-0.15, -0.1) is 0 Å². The summed E-state index contributed by atoms with van der Waals surface area (Å²) in [6.07, 6.45) is 0.125. The summed E-state index contributed by atoms with van der Waals surface area (Å²) in [6, 6.07) is 5.07. The maximum atomic E-state index is 11.9. The van der Waals surface area contributed by atoms with Gasteiger partial charge in [-0.1, -0.05) is 20.8 Å². The van der Waals surface area contributed by atoms with Gasteiger partial charge in [0, 0.05) is 29.6 Å². The standard InChI is InChI=1S/C18H25N3O5/c1-11(16(24)25)20-15(23)12-5-7-13(8-6-12)21-14(22)9-10-19-17(26)18(2,3)4/h5-8,11H,9-10H2,1-4H3,(H,19,26)(H,20,23)(H,21,22)(H,24,25). The second-order valence-corrected chi connectivity index (χ2v) is 6.91. The number of carboxylic acids is 1. The number of hydrogen-bond acceptors (Lipinski definition) is 4. The molecule has 1 unspecified atom stereocenters. The number of carboxylic acid groups (broad SMARTS) is 1. The number of aliphatic carboxylic acids is 1.